The molecular formula is C18H18FN3O2S. The van der Waals surface area contributed by atoms with Crippen molar-refractivity contribution in [1.29, 1.82) is 0 Å². The van der Waals surface area contributed by atoms with Crippen LogP contribution in [0, 0.1) is 5.82 Å². The van der Waals surface area contributed by atoms with E-state index in [0.29, 0.717) is 30.2 Å². The van der Waals surface area contributed by atoms with E-state index in [1.165, 1.54) is 17.4 Å². The maximum atomic E-state index is 13.9. The molecule has 1 aromatic carbocycles. The molecule has 0 spiro atoms. The number of hydrogen-bond acceptors (Lipinski definition) is 4. The van der Waals surface area contributed by atoms with Crippen molar-refractivity contribution in [2.45, 2.75) is 31.8 Å². The van der Waals surface area contributed by atoms with E-state index in [9.17, 15) is 14.0 Å². The Bertz CT molecular complexity index is 818. The van der Waals surface area contributed by atoms with Crippen molar-refractivity contribution in [3.63, 3.8) is 0 Å². The number of aromatic nitrogens is 1. The van der Waals surface area contributed by atoms with Gasteiger partial charge in [-0.1, -0.05) is 12.1 Å². The fourth-order valence-electron chi connectivity index (χ4n) is 3.22. The molecule has 25 heavy (non-hydrogen) atoms. The Morgan fingerprint density at radius 2 is 1.96 bits per heavy atom. The van der Waals surface area contributed by atoms with Gasteiger partial charge in [0.25, 0.3) is 0 Å². The molecule has 0 bridgehead atoms. The van der Waals surface area contributed by atoms with Crippen LogP contribution >= 0.6 is 11.3 Å². The van der Waals surface area contributed by atoms with Crippen molar-refractivity contribution < 1.29 is 14.0 Å². The highest BCUT2D eigenvalue weighted by molar-refractivity contribution is 7.15. The summed E-state index contributed by atoms with van der Waals surface area (Å²) in [5.74, 6) is -1.16. The molecule has 130 valence electrons. The Hall–Kier alpha value is -2.28. The van der Waals surface area contributed by atoms with Crippen LogP contribution < -0.4 is 0 Å². The number of hydrogen-bond donors (Lipinski definition) is 0. The van der Waals surface area contributed by atoms with Crippen LogP contribution in [0.4, 0.5) is 4.39 Å². The molecule has 2 aromatic rings. The number of halogens is 1. The van der Waals surface area contributed by atoms with Gasteiger partial charge in [0.15, 0.2) is 0 Å². The lowest BCUT2D eigenvalue weighted by molar-refractivity contribution is -0.159. The summed E-state index contributed by atoms with van der Waals surface area (Å²) in [6.07, 6.45) is 4.79. The fourth-order valence-corrected chi connectivity index (χ4v) is 4.17. The summed E-state index contributed by atoms with van der Waals surface area (Å²) in [6, 6.07) is 6.73. The molecule has 2 amide bonds. The first kappa shape index (κ1) is 16.2. The van der Waals surface area contributed by atoms with Crippen LogP contribution in [0.1, 0.15) is 24.1 Å². The Kier molecular flexibility index (Phi) is 4.25. The lowest BCUT2D eigenvalue weighted by atomic mass is 9.91. The van der Waals surface area contributed by atoms with Crippen molar-refractivity contribution in [3.05, 3.63) is 41.2 Å². The molecule has 1 saturated carbocycles. The first-order valence-electron chi connectivity index (χ1n) is 8.43. The maximum Gasteiger partial charge on any atom is 0.312 e. The number of thiazole rings is 1. The second-order valence-corrected chi connectivity index (χ2v) is 7.54. The Labute approximate surface area is 149 Å². The van der Waals surface area contributed by atoms with Gasteiger partial charge in [-0.3, -0.25) is 9.59 Å². The van der Waals surface area contributed by atoms with E-state index in [2.05, 4.69) is 4.98 Å². The molecule has 0 radical (unpaired) electrons. The molecule has 5 nitrogen and oxygen atoms in total. The zero-order chi connectivity index (χ0) is 17.4. The van der Waals surface area contributed by atoms with Crippen LogP contribution in [0.15, 0.2) is 30.5 Å². The number of nitrogens with zero attached hydrogens (tertiary/aromatic N) is 3. The molecule has 7 heteroatoms. The topological polar surface area (TPSA) is 53.5 Å². The number of carbonyl (C=O) groups excluding carboxylic acids is 2. The highest BCUT2D eigenvalue weighted by atomic mass is 32.1. The third-order valence-electron chi connectivity index (χ3n) is 4.86. The Morgan fingerprint density at radius 3 is 2.68 bits per heavy atom. The van der Waals surface area contributed by atoms with Crippen LogP contribution in [-0.2, 0) is 16.1 Å². The Balaban J connectivity index is 1.45. The normalized spacial score (nSPS) is 18.6. The third kappa shape index (κ3) is 3.04. The van der Waals surface area contributed by atoms with Gasteiger partial charge in [0.1, 0.15) is 10.8 Å². The summed E-state index contributed by atoms with van der Waals surface area (Å²) < 4.78 is 13.9. The average molecular weight is 359 g/mol. The quantitative estimate of drug-likeness (QED) is 0.789. The second kappa shape index (κ2) is 6.55. The van der Waals surface area contributed by atoms with E-state index in [0.717, 1.165) is 24.1 Å². The number of benzene rings is 1. The van der Waals surface area contributed by atoms with Gasteiger partial charge >= 0.3 is 11.8 Å². The summed E-state index contributed by atoms with van der Waals surface area (Å²) in [5, 5.41) is 0.583. The summed E-state index contributed by atoms with van der Waals surface area (Å²) in [6.45, 7) is 1.47. The van der Waals surface area contributed by atoms with Gasteiger partial charge in [-0.25, -0.2) is 9.37 Å². The molecule has 1 aliphatic carbocycles. The number of rotatable bonds is 4. The molecule has 4 rings (SSSR count). The van der Waals surface area contributed by atoms with E-state index in [1.54, 1.807) is 34.2 Å². The molecule has 1 aliphatic heterocycles. The molecule has 2 fully saturated rings. The van der Waals surface area contributed by atoms with Gasteiger partial charge in [0, 0.05) is 35.8 Å². The number of carbonyl (C=O) groups is 2. The van der Waals surface area contributed by atoms with Crippen LogP contribution in [0.5, 0.6) is 0 Å². The molecule has 1 aromatic heterocycles. The van der Waals surface area contributed by atoms with Gasteiger partial charge < -0.3 is 9.80 Å². The minimum absolute atomic E-state index is 0.245. The van der Waals surface area contributed by atoms with Gasteiger partial charge in [0.05, 0.1) is 6.54 Å². The molecule has 0 N–H and O–H groups in total. The monoisotopic (exact) mass is 359 g/mol. The molecular weight excluding hydrogens is 341 g/mol. The van der Waals surface area contributed by atoms with Crippen molar-refractivity contribution in [3.8, 4) is 10.6 Å². The molecule has 1 saturated heterocycles. The highest BCUT2D eigenvalue weighted by Crippen LogP contribution is 2.29. The summed E-state index contributed by atoms with van der Waals surface area (Å²) in [4.78, 5) is 33.1. The standard InChI is InChI=1S/C18H18FN3O2S/c19-15-7-2-1-6-14(15)16-20-10-13(25-16)11-21-8-9-22(12-4-3-5-12)18(24)17(21)23/h1-2,6-7,10,12H,3-5,8-9,11H2. The molecule has 0 atom stereocenters. The van der Waals surface area contributed by atoms with Gasteiger partial charge in [-0.2, -0.15) is 0 Å². The second-order valence-electron chi connectivity index (χ2n) is 6.42. The number of amides is 2. The van der Waals surface area contributed by atoms with Crippen LogP contribution in [-0.4, -0.2) is 45.7 Å². The summed E-state index contributed by atoms with van der Waals surface area (Å²) >= 11 is 1.35. The van der Waals surface area contributed by atoms with Crippen LogP contribution in [0.3, 0.4) is 0 Å². The summed E-state index contributed by atoms with van der Waals surface area (Å²) in [5.41, 5.74) is 0.455. The Morgan fingerprint density at radius 1 is 1.16 bits per heavy atom. The van der Waals surface area contributed by atoms with Gasteiger partial charge in [-0.15, -0.1) is 11.3 Å². The average Bonchev–Trinajstić information content (AvgIpc) is 3.01. The lowest BCUT2D eigenvalue weighted by Gasteiger charge is -2.42. The van der Waals surface area contributed by atoms with Crippen LogP contribution in [0.2, 0.25) is 0 Å². The predicted molar refractivity (Wildman–Crippen MR) is 92.3 cm³/mol. The zero-order valence-corrected chi connectivity index (χ0v) is 14.5. The van der Waals surface area contributed by atoms with E-state index in [-0.39, 0.29) is 11.9 Å². The summed E-state index contributed by atoms with van der Waals surface area (Å²) in [7, 11) is 0. The van der Waals surface area contributed by atoms with E-state index >= 15 is 0 Å². The van der Waals surface area contributed by atoms with Crippen molar-refractivity contribution in [1.82, 2.24) is 14.8 Å². The predicted octanol–water partition coefficient (Wildman–Crippen LogP) is 2.67. The maximum absolute atomic E-state index is 13.9. The smallest absolute Gasteiger partial charge is 0.312 e. The van der Waals surface area contributed by atoms with E-state index in [1.807, 2.05) is 0 Å². The highest BCUT2D eigenvalue weighted by Gasteiger charge is 2.38. The molecule has 0 unspecified atom stereocenters. The van der Waals surface area contributed by atoms with E-state index in [4.69, 9.17) is 0 Å². The third-order valence-corrected chi connectivity index (χ3v) is 5.88. The lowest BCUT2D eigenvalue weighted by Crippen LogP contribution is -2.58. The van der Waals surface area contributed by atoms with E-state index < -0.39 is 11.8 Å². The van der Waals surface area contributed by atoms with Crippen molar-refractivity contribution in [2.24, 2.45) is 0 Å². The first-order valence-corrected chi connectivity index (χ1v) is 9.24. The zero-order valence-electron chi connectivity index (χ0n) is 13.7. The number of piperazine rings is 1. The van der Waals surface area contributed by atoms with Crippen molar-refractivity contribution in [2.75, 3.05) is 13.1 Å². The largest absolute Gasteiger partial charge is 0.330 e. The molecule has 2 heterocycles. The first-order chi connectivity index (χ1) is 12.1. The van der Waals surface area contributed by atoms with Gasteiger partial charge in [-0.05, 0) is 31.4 Å². The molecule has 2 aliphatic rings. The van der Waals surface area contributed by atoms with Gasteiger partial charge in [0.2, 0.25) is 0 Å². The minimum atomic E-state index is -0.445. The fraction of sp³-hybridized carbons (Fsp3) is 0.389. The minimum Gasteiger partial charge on any atom is -0.330 e. The van der Waals surface area contributed by atoms with Crippen LogP contribution in [0.25, 0.3) is 10.6 Å². The SMILES string of the molecule is O=C1C(=O)N(C2CCC2)CCN1Cc1cnc(-c2ccccc2F)s1. The van der Waals surface area contributed by atoms with Crippen molar-refractivity contribution >= 4 is 23.2 Å².